The molecule has 138 valence electrons. The highest BCUT2D eigenvalue weighted by atomic mass is 16.3. The highest BCUT2D eigenvalue weighted by Gasteiger charge is 2.21. The number of hydrogen-bond acceptors (Lipinski definition) is 7. The molecule has 0 unspecified atom stereocenters. The average molecular weight is 362 g/mol. The van der Waals surface area contributed by atoms with Gasteiger partial charge in [0.1, 0.15) is 11.9 Å². The first-order valence-corrected chi connectivity index (χ1v) is 9.10. The van der Waals surface area contributed by atoms with Crippen molar-refractivity contribution < 1.29 is 5.11 Å². The molecule has 7 nitrogen and oxygen atoms in total. The average Bonchev–Trinajstić information content (AvgIpc) is 2.75. The van der Waals surface area contributed by atoms with E-state index < -0.39 is 6.10 Å². The summed E-state index contributed by atoms with van der Waals surface area (Å²) < 4.78 is 0. The fraction of sp³-hybridized carbons (Fsp3) is 0.300. The van der Waals surface area contributed by atoms with Crippen LogP contribution in [-0.4, -0.2) is 51.2 Å². The molecule has 1 aliphatic rings. The van der Waals surface area contributed by atoms with Crippen LogP contribution in [0.2, 0.25) is 0 Å². The summed E-state index contributed by atoms with van der Waals surface area (Å²) in [6.45, 7) is 4.93. The number of piperazine rings is 1. The van der Waals surface area contributed by atoms with Gasteiger partial charge in [-0.3, -0.25) is 0 Å². The van der Waals surface area contributed by atoms with Gasteiger partial charge in [0, 0.05) is 44.1 Å². The van der Waals surface area contributed by atoms with Gasteiger partial charge in [-0.25, -0.2) is 19.9 Å². The Labute approximate surface area is 158 Å². The molecule has 1 saturated heterocycles. The number of hydrogen-bond donors (Lipinski definition) is 1. The minimum Gasteiger partial charge on any atom is -0.385 e. The van der Waals surface area contributed by atoms with E-state index in [0.717, 1.165) is 49.2 Å². The van der Waals surface area contributed by atoms with Gasteiger partial charge in [0.2, 0.25) is 5.95 Å². The summed E-state index contributed by atoms with van der Waals surface area (Å²) in [6, 6.07) is 14.0. The van der Waals surface area contributed by atoms with Crippen LogP contribution in [0.5, 0.6) is 0 Å². The maximum Gasteiger partial charge on any atom is 0.225 e. The molecule has 0 radical (unpaired) electrons. The fourth-order valence-corrected chi connectivity index (χ4v) is 3.15. The monoisotopic (exact) mass is 362 g/mol. The van der Waals surface area contributed by atoms with Crippen molar-refractivity contribution in [1.29, 1.82) is 0 Å². The number of benzene rings is 1. The Morgan fingerprint density at radius 3 is 2.30 bits per heavy atom. The van der Waals surface area contributed by atoms with Gasteiger partial charge in [-0.2, -0.15) is 0 Å². The van der Waals surface area contributed by atoms with Gasteiger partial charge in [-0.15, -0.1) is 0 Å². The lowest BCUT2D eigenvalue weighted by Crippen LogP contribution is -2.47. The molecule has 0 aliphatic carbocycles. The summed E-state index contributed by atoms with van der Waals surface area (Å²) >= 11 is 0. The molecule has 4 rings (SSSR count). The van der Waals surface area contributed by atoms with Crippen molar-refractivity contribution in [2.24, 2.45) is 0 Å². The van der Waals surface area contributed by atoms with Crippen LogP contribution in [0.25, 0.3) is 11.3 Å². The number of rotatable bonds is 4. The molecule has 7 heteroatoms. The van der Waals surface area contributed by atoms with Gasteiger partial charge in [0.05, 0.1) is 5.69 Å². The van der Waals surface area contributed by atoms with Crippen LogP contribution in [0.1, 0.15) is 18.9 Å². The van der Waals surface area contributed by atoms with Crippen molar-refractivity contribution in [2.45, 2.75) is 13.0 Å². The van der Waals surface area contributed by atoms with E-state index >= 15 is 0 Å². The Balaban J connectivity index is 1.46. The number of aliphatic hydroxyl groups excluding tert-OH is 1. The van der Waals surface area contributed by atoms with Gasteiger partial charge < -0.3 is 14.9 Å². The van der Waals surface area contributed by atoms with Crippen molar-refractivity contribution in [3.8, 4) is 11.3 Å². The molecule has 0 saturated carbocycles. The standard InChI is InChI=1S/C20H22N6O/c1-15(27)19-21-10-8-18(24-19)25-11-13-26(14-12-25)20-22-9-7-17(23-20)16-5-3-2-4-6-16/h2-10,15,27H,11-14H2,1H3/t15-/m1/s1. The second kappa shape index (κ2) is 7.67. The molecular weight excluding hydrogens is 340 g/mol. The zero-order valence-corrected chi connectivity index (χ0v) is 15.2. The maximum atomic E-state index is 9.69. The van der Waals surface area contributed by atoms with E-state index in [4.69, 9.17) is 4.98 Å². The van der Waals surface area contributed by atoms with E-state index in [0.29, 0.717) is 5.82 Å². The Kier molecular flexibility index (Phi) is 4.93. The van der Waals surface area contributed by atoms with Crippen LogP contribution in [0.15, 0.2) is 54.9 Å². The second-order valence-electron chi connectivity index (χ2n) is 6.53. The van der Waals surface area contributed by atoms with E-state index in [1.165, 1.54) is 0 Å². The van der Waals surface area contributed by atoms with Crippen LogP contribution < -0.4 is 9.80 Å². The van der Waals surface area contributed by atoms with Gasteiger partial charge in [0.25, 0.3) is 0 Å². The first-order chi connectivity index (χ1) is 13.2. The predicted octanol–water partition coefficient (Wildman–Crippen LogP) is 2.31. The Morgan fingerprint density at radius 1 is 0.852 bits per heavy atom. The first-order valence-electron chi connectivity index (χ1n) is 9.10. The Bertz CT molecular complexity index is 894. The summed E-state index contributed by atoms with van der Waals surface area (Å²) in [7, 11) is 0. The molecular formula is C20H22N6O. The van der Waals surface area contributed by atoms with Gasteiger partial charge >= 0.3 is 0 Å². The number of aliphatic hydroxyl groups is 1. The van der Waals surface area contributed by atoms with Crippen molar-refractivity contribution in [1.82, 2.24) is 19.9 Å². The fourth-order valence-electron chi connectivity index (χ4n) is 3.15. The first kappa shape index (κ1) is 17.4. The Morgan fingerprint density at radius 2 is 1.56 bits per heavy atom. The Hall–Kier alpha value is -3.06. The third-order valence-corrected chi connectivity index (χ3v) is 4.63. The number of anilines is 2. The molecule has 0 amide bonds. The molecule has 1 atom stereocenters. The molecule has 1 fully saturated rings. The number of nitrogens with zero attached hydrogens (tertiary/aromatic N) is 6. The van der Waals surface area contributed by atoms with Crippen LogP contribution in [0, 0.1) is 0 Å². The van der Waals surface area contributed by atoms with Crippen molar-refractivity contribution in [3.05, 3.63) is 60.7 Å². The lowest BCUT2D eigenvalue weighted by molar-refractivity contribution is 0.189. The quantitative estimate of drug-likeness (QED) is 0.763. The number of aromatic nitrogens is 4. The molecule has 1 aliphatic heterocycles. The second-order valence-corrected chi connectivity index (χ2v) is 6.53. The lowest BCUT2D eigenvalue weighted by Gasteiger charge is -2.35. The van der Waals surface area contributed by atoms with E-state index in [1.807, 2.05) is 36.5 Å². The third-order valence-electron chi connectivity index (χ3n) is 4.63. The van der Waals surface area contributed by atoms with Crippen LogP contribution >= 0.6 is 0 Å². The molecule has 3 aromatic rings. The molecule has 0 bridgehead atoms. The molecule has 0 spiro atoms. The molecule has 3 heterocycles. The molecule has 1 N–H and O–H groups in total. The zero-order valence-electron chi connectivity index (χ0n) is 15.2. The van der Waals surface area contributed by atoms with E-state index in [1.54, 1.807) is 13.1 Å². The van der Waals surface area contributed by atoms with Gasteiger partial charge in [0.15, 0.2) is 5.82 Å². The SMILES string of the molecule is C[C@@H](O)c1nccc(N2CCN(c3nccc(-c4ccccc4)n3)CC2)n1. The van der Waals surface area contributed by atoms with Crippen molar-refractivity contribution >= 4 is 11.8 Å². The summed E-state index contributed by atoms with van der Waals surface area (Å²) in [5.41, 5.74) is 2.02. The molecule has 27 heavy (non-hydrogen) atoms. The highest BCUT2D eigenvalue weighted by molar-refractivity contribution is 5.60. The van der Waals surface area contributed by atoms with Crippen LogP contribution in [-0.2, 0) is 0 Å². The minimum atomic E-state index is -0.666. The van der Waals surface area contributed by atoms with Gasteiger partial charge in [-0.1, -0.05) is 30.3 Å². The minimum absolute atomic E-state index is 0.453. The van der Waals surface area contributed by atoms with Gasteiger partial charge in [-0.05, 0) is 19.1 Å². The van der Waals surface area contributed by atoms with Crippen molar-refractivity contribution in [2.75, 3.05) is 36.0 Å². The largest absolute Gasteiger partial charge is 0.385 e. The summed E-state index contributed by atoms with van der Waals surface area (Å²) in [5.74, 6) is 2.05. The molecule has 2 aromatic heterocycles. The maximum absolute atomic E-state index is 9.69. The van der Waals surface area contributed by atoms with Crippen molar-refractivity contribution in [3.63, 3.8) is 0 Å². The van der Waals surface area contributed by atoms with E-state index in [2.05, 4.69) is 36.9 Å². The van der Waals surface area contributed by atoms with Crippen LogP contribution in [0.3, 0.4) is 0 Å². The third kappa shape index (κ3) is 3.88. The predicted molar refractivity (Wildman–Crippen MR) is 105 cm³/mol. The normalized spacial score (nSPS) is 15.6. The summed E-state index contributed by atoms with van der Waals surface area (Å²) in [6.07, 6.45) is 2.85. The lowest BCUT2D eigenvalue weighted by atomic mass is 10.1. The molecule has 1 aromatic carbocycles. The summed E-state index contributed by atoms with van der Waals surface area (Å²) in [5, 5.41) is 9.69. The zero-order chi connectivity index (χ0) is 18.6. The highest BCUT2D eigenvalue weighted by Crippen LogP contribution is 2.21. The van der Waals surface area contributed by atoms with Crippen LogP contribution in [0.4, 0.5) is 11.8 Å². The summed E-state index contributed by atoms with van der Waals surface area (Å²) in [4.78, 5) is 22.2. The topological polar surface area (TPSA) is 78.3 Å². The van der Waals surface area contributed by atoms with E-state index in [9.17, 15) is 5.11 Å². The smallest absolute Gasteiger partial charge is 0.225 e. The van der Waals surface area contributed by atoms with E-state index in [-0.39, 0.29) is 0 Å².